The van der Waals surface area contributed by atoms with Crippen molar-refractivity contribution in [1.82, 2.24) is 14.9 Å². The fourth-order valence-corrected chi connectivity index (χ4v) is 2.56. The SMILES string of the molecule is CCCNC(CCC)CCCc1nccn1CCC. The molecule has 3 nitrogen and oxygen atoms in total. The molecule has 0 aliphatic carbocycles. The number of imidazole rings is 1. The van der Waals surface area contributed by atoms with Crippen LogP contribution in [-0.2, 0) is 13.0 Å². The maximum atomic E-state index is 4.48. The summed E-state index contributed by atoms with van der Waals surface area (Å²) < 4.78 is 2.30. The van der Waals surface area contributed by atoms with Crippen LogP contribution in [0.4, 0.5) is 0 Å². The van der Waals surface area contributed by atoms with Gasteiger partial charge in [0.15, 0.2) is 0 Å². The van der Waals surface area contributed by atoms with Gasteiger partial charge in [-0.1, -0.05) is 27.2 Å². The average molecular weight is 265 g/mol. The monoisotopic (exact) mass is 265 g/mol. The Morgan fingerprint density at radius 2 is 2.00 bits per heavy atom. The van der Waals surface area contributed by atoms with E-state index in [9.17, 15) is 0 Å². The molecule has 0 fully saturated rings. The Balaban J connectivity index is 2.31. The summed E-state index contributed by atoms with van der Waals surface area (Å²) in [7, 11) is 0. The number of nitrogens with one attached hydrogen (secondary N) is 1. The molecule has 0 aliphatic heterocycles. The second-order valence-electron chi connectivity index (χ2n) is 5.37. The lowest BCUT2D eigenvalue weighted by atomic mass is 10.0. The van der Waals surface area contributed by atoms with E-state index in [1.165, 1.54) is 44.3 Å². The highest BCUT2D eigenvalue weighted by Crippen LogP contribution is 2.09. The van der Waals surface area contributed by atoms with Gasteiger partial charge in [-0.2, -0.15) is 0 Å². The van der Waals surface area contributed by atoms with Crippen LogP contribution in [0.5, 0.6) is 0 Å². The highest BCUT2D eigenvalue weighted by Gasteiger charge is 2.08. The van der Waals surface area contributed by atoms with E-state index >= 15 is 0 Å². The van der Waals surface area contributed by atoms with Crippen LogP contribution >= 0.6 is 0 Å². The molecule has 0 saturated heterocycles. The summed E-state index contributed by atoms with van der Waals surface area (Å²) >= 11 is 0. The molecule has 0 amide bonds. The Bertz CT molecular complexity index is 320. The Hall–Kier alpha value is -0.830. The van der Waals surface area contributed by atoms with Gasteiger partial charge in [0.25, 0.3) is 0 Å². The molecule has 0 spiro atoms. The van der Waals surface area contributed by atoms with E-state index in [0.717, 1.165) is 19.5 Å². The summed E-state index contributed by atoms with van der Waals surface area (Å²) in [5.74, 6) is 1.26. The molecule has 1 aromatic rings. The van der Waals surface area contributed by atoms with Crippen molar-refractivity contribution in [2.75, 3.05) is 6.54 Å². The van der Waals surface area contributed by atoms with Crippen molar-refractivity contribution < 1.29 is 0 Å². The Kier molecular flexibility index (Phi) is 8.55. The maximum absolute atomic E-state index is 4.48. The smallest absolute Gasteiger partial charge is 0.108 e. The van der Waals surface area contributed by atoms with Crippen molar-refractivity contribution in [3.63, 3.8) is 0 Å². The van der Waals surface area contributed by atoms with E-state index in [0.29, 0.717) is 6.04 Å². The first-order valence-corrected chi connectivity index (χ1v) is 8.05. The Morgan fingerprint density at radius 3 is 2.68 bits per heavy atom. The number of aryl methyl sites for hydroxylation is 2. The van der Waals surface area contributed by atoms with Crippen LogP contribution in [0, 0.1) is 0 Å². The molecule has 0 bridgehead atoms. The van der Waals surface area contributed by atoms with E-state index in [-0.39, 0.29) is 0 Å². The number of rotatable bonds is 11. The van der Waals surface area contributed by atoms with Crippen molar-refractivity contribution in [2.45, 2.75) is 78.3 Å². The summed E-state index contributed by atoms with van der Waals surface area (Å²) in [6.07, 6.45) is 12.6. The number of hydrogen-bond acceptors (Lipinski definition) is 2. The third-order valence-corrected chi connectivity index (χ3v) is 3.54. The quantitative estimate of drug-likeness (QED) is 0.660. The van der Waals surface area contributed by atoms with Crippen LogP contribution in [0.3, 0.4) is 0 Å². The van der Waals surface area contributed by atoms with Crippen molar-refractivity contribution in [3.05, 3.63) is 18.2 Å². The molecule has 0 saturated carbocycles. The lowest BCUT2D eigenvalue weighted by molar-refractivity contribution is 0.434. The molecule has 1 aromatic heterocycles. The Labute approximate surface area is 118 Å². The number of hydrogen-bond donors (Lipinski definition) is 1. The van der Waals surface area contributed by atoms with Gasteiger partial charge < -0.3 is 9.88 Å². The molecule has 0 aliphatic rings. The van der Waals surface area contributed by atoms with Gasteiger partial charge in [-0.05, 0) is 38.6 Å². The molecule has 1 rings (SSSR count). The molecule has 3 heteroatoms. The van der Waals surface area contributed by atoms with Crippen LogP contribution in [0.25, 0.3) is 0 Å². The standard InChI is InChI=1S/C16H31N3/c1-4-8-15(17-11-5-2)9-7-10-16-18-12-14-19(16)13-6-3/h12,14-15,17H,4-11,13H2,1-3H3. The molecule has 110 valence electrons. The highest BCUT2D eigenvalue weighted by molar-refractivity contribution is 4.92. The fourth-order valence-electron chi connectivity index (χ4n) is 2.56. The van der Waals surface area contributed by atoms with E-state index in [1.54, 1.807) is 0 Å². The maximum Gasteiger partial charge on any atom is 0.108 e. The summed E-state index contributed by atoms with van der Waals surface area (Å²) in [4.78, 5) is 4.48. The Morgan fingerprint density at radius 1 is 1.16 bits per heavy atom. The first-order chi connectivity index (χ1) is 9.31. The molecule has 1 atom stereocenters. The van der Waals surface area contributed by atoms with Gasteiger partial charge in [-0.25, -0.2) is 4.98 Å². The van der Waals surface area contributed by atoms with Gasteiger partial charge in [0, 0.05) is 31.4 Å². The van der Waals surface area contributed by atoms with Crippen LogP contribution in [0.15, 0.2) is 12.4 Å². The van der Waals surface area contributed by atoms with Gasteiger partial charge in [0.05, 0.1) is 0 Å². The van der Waals surface area contributed by atoms with E-state index < -0.39 is 0 Å². The second kappa shape index (κ2) is 10.0. The molecule has 0 aromatic carbocycles. The third kappa shape index (κ3) is 6.24. The van der Waals surface area contributed by atoms with Crippen molar-refractivity contribution >= 4 is 0 Å². The minimum atomic E-state index is 0.694. The minimum Gasteiger partial charge on any atom is -0.335 e. The van der Waals surface area contributed by atoms with Gasteiger partial charge in [0.1, 0.15) is 5.82 Å². The first-order valence-electron chi connectivity index (χ1n) is 8.05. The normalized spacial score (nSPS) is 12.8. The zero-order chi connectivity index (χ0) is 13.9. The molecular weight excluding hydrogens is 234 g/mol. The van der Waals surface area contributed by atoms with Gasteiger partial charge in [0.2, 0.25) is 0 Å². The fraction of sp³-hybridized carbons (Fsp3) is 0.812. The van der Waals surface area contributed by atoms with Crippen LogP contribution in [-0.4, -0.2) is 22.1 Å². The lowest BCUT2D eigenvalue weighted by Gasteiger charge is -2.17. The van der Waals surface area contributed by atoms with Crippen LogP contribution in [0.2, 0.25) is 0 Å². The second-order valence-corrected chi connectivity index (χ2v) is 5.37. The predicted molar refractivity (Wildman–Crippen MR) is 82.4 cm³/mol. The van der Waals surface area contributed by atoms with Gasteiger partial charge in [-0.3, -0.25) is 0 Å². The highest BCUT2D eigenvalue weighted by atomic mass is 15.1. The molecule has 1 heterocycles. The number of nitrogens with zero attached hydrogens (tertiary/aromatic N) is 2. The molecule has 1 N–H and O–H groups in total. The molecule has 0 radical (unpaired) electrons. The minimum absolute atomic E-state index is 0.694. The first kappa shape index (κ1) is 16.2. The summed E-state index contributed by atoms with van der Waals surface area (Å²) in [6.45, 7) is 8.97. The third-order valence-electron chi connectivity index (χ3n) is 3.54. The van der Waals surface area contributed by atoms with E-state index in [1.807, 2.05) is 6.20 Å². The van der Waals surface area contributed by atoms with Crippen molar-refractivity contribution in [1.29, 1.82) is 0 Å². The van der Waals surface area contributed by atoms with Crippen LogP contribution < -0.4 is 5.32 Å². The summed E-state index contributed by atoms with van der Waals surface area (Å²) in [6, 6.07) is 0.694. The summed E-state index contributed by atoms with van der Waals surface area (Å²) in [5, 5.41) is 3.66. The summed E-state index contributed by atoms with van der Waals surface area (Å²) in [5.41, 5.74) is 0. The van der Waals surface area contributed by atoms with Crippen molar-refractivity contribution in [3.8, 4) is 0 Å². The largest absolute Gasteiger partial charge is 0.335 e. The molecular formula is C16H31N3. The van der Waals surface area contributed by atoms with Crippen molar-refractivity contribution in [2.24, 2.45) is 0 Å². The predicted octanol–water partition coefficient (Wildman–Crippen LogP) is 3.78. The molecule has 19 heavy (non-hydrogen) atoms. The zero-order valence-electron chi connectivity index (χ0n) is 13.0. The van der Waals surface area contributed by atoms with Crippen LogP contribution in [0.1, 0.15) is 65.1 Å². The number of aromatic nitrogens is 2. The molecule has 1 unspecified atom stereocenters. The van der Waals surface area contributed by atoms with E-state index in [4.69, 9.17) is 0 Å². The lowest BCUT2D eigenvalue weighted by Crippen LogP contribution is -2.29. The topological polar surface area (TPSA) is 29.9 Å². The van der Waals surface area contributed by atoms with Gasteiger partial charge >= 0.3 is 0 Å². The van der Waals surface area contributed by atoms with E-state index in [2.05, 4.69) is 41.8 Å². The zero-order valence-corrected chi connectivity index (χ0v) is 13.0. The average Bonchev–Trinajstić information content (AvgIpc) is 2.84. The van der Waals surface area contributed by atoms with Gasteiger partial charge in [-0.15, -0.1) is 0 Å².